The lowest BCUT2D eigenvalue weighted by atomic mass is 10.3. The molecule has 1 atom stereocenters. The number of ether oxygens (including phenoxy) is 1. The molecule has 0 aliphatic heterocycles. The first kappa shape index (κ1) is 11.5. The molecule has 1 unspecified atom stereocenters. The summed E-state index contributed by atoms with van der Waals surface area (Å²) in [4.78, 5) is 14.4. The van der Waals surface area contributed by atoms with Gasteiger partial charge in [-0.15, -0.1) is 0 Å². The molecule has 0 saturated heterocycles. The first-order valence-corrected chi connectivity index (χ1v) is 4.58. The fourth-order valence-corrected chi connectivity index (χ4v) is 1.21. The molecule has 82 valence electrons. The Morgan fingerprint density at radius 2 is 2.47 bits per heavy atom. The number of carboxylic acids is 1. The van der Waals surface area contributed by atoms with Crippen molar-refractivity contribution in [1.29, 1.82) is 0 Å². The van der Waals surface area contributed by atoms with Crippen LogP contribution in [0.3, 0.4) is 0 Å². The maximum atomic E-state index is 10.6. The maximum Gasteiger partial charge on any atom is 0.354 e. The SMILES string of the molecule is COCC(C)Nc1ccnc(C(=O)O)c1. The van der Waals surface area contributed by atoms with Crippen LogP contribution >= 0.6 is 0 Å². The largest absolute Gasteiger partial charge is 0.477 e. The van der Waals surface area contributed by atoms with Gasteiger partial charge in [0, 0.05) is 25.0 Å². The third-order valence-electron chi connectivity index (χ3n) is 1.81. The summed E-state index contributed by atoms with van der Waals surface area (Å²) in [7, 11) is 1.62. The Morgan fingerprint density at radius 3 is 3.07 bits per heavy atom. The van der Waals surface area contributed by atoms with Crippen molar-refractivity contribution in [1.82, 2.24) is 4.98 Å². The highest BCUT2D eigenvalue weighted by Crippen LogP contribution is 2.09. The predicted molar refractivity (Wildman–Crippen MR) is 56.2 cm³/mol. The van der Waals surface area contributed by atoms with E-state index in [2.05, 4.69) is 10.3 Å². The van der Waals surface area contributed by atoms with E-state index in [1.807, 2.05) is 6.92 Å². The van der Waals surface area contributed by atoms with Gasteiger partial charge in [-0.1, -0.05) is 0 Å². The van der Waals surface area contributed by atoms with Crippen LogP contribution in [0.1, 0.15) is 17.4 Å². The molecule has 2 N–H and O–H groups in total. The van der Waals surface area contributed by atoms with E-state index in [9.17, 15) is 4.79 Å². The van der Waals surface area contributed by atoms with Crippen LogP contribution in [0.5, 0.6) is 0 Å². The highest BCUT2D eigenvalue weighted by molar-refractivity contribution is 5.86. The zero-order chi connectivity index (χ0) is 11.3. The summed E-state index contributed by atoms with van der Waals surface area (Å²) in [5.74, 6) is -1.03. The van der Waals surface area contributed by atoms with Gasteiger partial charge in [-0.25, -0.2) is 9.78 Å². The van der Waals surface area contributed by atoms with Crippen molar-refractivity contribution in [2.24, 2.45) is 0 Å². The zero-order valence-electron chi connectivity index (χ0n) is 8.73. The molecule has 5 nitrogen and oxygen atoms in total. The average Bonchev–Trinajstić information content (AvgIpc) is 2.18. The van der Waals surface area contributed by atoms with E-state index in [1.54, 1.807) is 13.2 Å². The predicted octanol–water partition coefficient (Wildman–Crippen LogP) is 1.23. The van der Waals surface area contributed by atoms with Crippen LogP contribution in [0.25, 0.3) is 0 Å². The van der Waals surface area contributed by atoms with Crippen molar-refractivity contribution in [3.05, 3.63) is 24.0 Å². The Labute approximate surface area is 88.1 Å². The summed E-state index contributed by atoms with van der Waals surface area (Å²) in [6.07, 6.45) is 1.46. The molecule has 0 bridgehead atoms. The standard InChI is InChI=1S/C10H14N2O3/c1-7(6-15-2)12-8-3-4-11-9(5-8)10(13)14/h3-5,7H,6H2,1-2H3,(H,11,12)(H,13,14). The third-order valence-corrected chi connectivity index (χ3v) is 1.81. The molecule has 0 aromatic carbocycles. The molecule has 0 saturated carbocycles. The molecule has 1 aromatic heterocycles. The number of methoxy groups -OCH3 is 1. The number of rotatable bonds is 5. The van der Waals surface area contributed by atoms with Crippen LogP contribution in [-0.2, 0) is 4.74 Å². The van der Waals surface area contributed by atoms with Gasteiger partial charge in [0.05, 0.1) is 6.61 Å². The molecular weight excluding hydrogens is 196 g/mol. The summed E-state index contributed by atoms with van der Waals surface area (Å²) < 4.78 is 4.96. The number of carbonyl (C=O) groups is 1. The average molecular weight is 210 g/mol. The van der Waals surface area contributed by atoms with Gasteiger partial charge in [-0.3, -0.25) is 0 Å². The molecule has 0 aliphatic carbocycles. The van der Waals surface area contributed by atoms with Crippen LogP contribution in [0.2, 0.25) is 0 Å². The van der Waals surface area contributed by atoms with Crippen LogP contribution in [0.15, 0.2) is 18.3 Å². The van der Waals surface area contributed by atoms with Gasteiger partial charge in [0.1, 0.15) is 5.69 Å². The highest BCUT2D eigenvalue weighted by atomic mass is 16.5. The molecule has 0 fully saturated rings. The quantitative estimate of drug-likeness (QED) is 0.764. The van der Waals surface area contributed by atoms with E-state index in [-0.39, 0.29) is 11.7 Å². The molecule has 0 aliphatic rings. The van der Waals surface area contributed by atoms with E-state index in [0.29, 0.717) is 6.61 Å². The summed E-state index contributed by atoms with van der Waals surface area (Å²) in [5.41, 5.74) is 0.761. The van der Waals surface area contributed by atoms with Crippen molar-refractivity contribution in [2.75, 3.05) is 19.0 Å². The van der Waals surface area contributed by atoms with Crippen LogP contribution in [0.4, 0.5) is 5.69 Å². The number of hydrogen-bond acceptors (Lipinski definition) is 4. The zero-order valence-corrected chi connectivity index (χ0v) is 8.73. The van der Waals surface area contributed by atoms with Gasteiger partial charge >= 0.3 is 5.97 Å². The molecule has 15 heavy (non-hydrogen) atoms. The van der Waals surface area contributed by atoms with E-state index in [0.717, 1.165) is 5.69 Å². The van der Waals surface area contributed by atoms with Crippen LogP contribution in [-0.4, -0.2) is 35.8 Å². The lowest BCUT2D eigenvalue weighted by Gasteiger charge is -2.13. The second-order valence-corrected chi connectivity index (χ2v) is 3.24. The number of anilines is 1. The molecule has 5 heteroatoms. The number of hydrogen-bond donors (Lipinski definition) is 2. The minimum Gasteiger partial charge on any atom is -0.477 e. The number of aromatic nitrogens is 1. The Hall–Kier alpha value is -1.62. The van der Waals surface area contributed by atoms with Gasteiger partial charge in [0.15, 0.2) is 0 Å². The normalized spacial score (nSPS) is 12.1. The number of carboxylic acid groups (broad SMARTS) is 1. The number of nitrogens with zero attached hydrogens (tertiary/aromatic N) is 1. The van der Waals surface area contributed by atoms with Crippen molar-refractivity contribution in [3.8, 4) is 0 Å². The van der Waals surface area contributed by atoms with Crippen LogP contribution in [0, 0.1) is 0 Å². The highest BCUT2D eigenvalue weighted by Gasteiger charge is 2.06. The Morgan fingerprint density at radius 1 is 1.73 bits per heavy atom. The summed E-state index contributed by atoms with van der Waals surface area (Å²) in [6, 6.07) is 3.34. The Balaban J connectivity index is 2.69. The van der Waals surface area contributed by atoms with E-state index in [1.165, 1.54) is 12.3 Å². The summed E-state index contributed by atoms with van der Waals surface area (Å²) >= 11 is 0. The lowest BCUT2D eigenvalue weighted by molar-refractivity contribution is 0.0690. The Kier molecular flexibility index (Phi) is 4.05. The number of aromatic carboxylic acids is 1. The summed E-state index contributed by atoms with van der Waals surface area (Å²) in [5, 5.41) is 11.8. The molecule has 1 rings (SSSR count). The van der Waals surface area contributed by atoms with E-state index >= 15 is 0 Å². The first-order chi connectivity index (χ1) is 7.13. The van der Waals surface area contributed by atoms with Gasteiger partial charge in [-0.05, 0) is 19.1 Å². The summed E-state index contributed by atoms with van der Waals surface area (Å²) in [6.45, 7) is 2.51. The third kappa shape index (κ3) is 3.55. The Bertz CT molecular complexity index is 341. The smallest absolute Gasteiger partial charge is 0.354 e. The topological polar surface area (TPSA) is 71.5 Å². The van der Waals surface area contributed by atoms with E-state index < -0.39 is 5.97 Å². The minimum absolute atomic E-state index is 0.0321. The van der Waals surface area contributed by atoms with Gasteiger partial charge < -0.3 is 15.2 Å². The number of nitrogens with one attached hydrogen (secondary N) is 1. The van der Waals surface area contributed by atoms with Gasteiger partial charge in [-0.2, -0.15) is 0 Å². The van der Waals surface area contributed by atoms with E-state index in [4.69, 9.17) is 9.84 Å². The first-order valence-electron chi connectivity index (χ1n) is 4.58. The maximum absolute atomic E-state index is 10.6. The molecule has 1 heterocycles. The van der Waals surface area contributed by atoms with Crippen molar-refractivity contribution < 1.29 is 14.6 Å². The van der Waals surface area contributed by atoms with Crippen molar-refractivity contribution in [2.45, 2.75) is 13.0 Å². The molecule has 0 radical (unpaired) electrons. The molecular formula is C10H14N2O3. The molecule has 0 spiro atoms. The molecule has 0 amide bonds. The van der Waals surface area contributed by atoms with Crippen molar-refractivity contribution >= 4 is 11.7 Å². The van der Waals surface area contributed by atoms with Crippen LogP contribution < -0.4 is 5.32 Å². The molecule has 1 aromatic rings. The van der Waals surface area contributed by atoms with Gasteiger partial charge in [0.2, 0.25) is 0 Å². The van der Waals surface area contributed by atoms with Crippen molar-refractivity contribution in [3.63, 3.8) is 0 Å². The fourth-order valence-electron chi connectivity index (χ4n) is 1.21. The lowest BCUT2D eigenvalue weighted by Crippen LogP contribution is -2.21. The number of pyridine rings is 1. The minimum atomic E-state index is -1.03. The second-order valence-electron chi connectivity index (χ2n) is 3.24. The second kappa shape index (κ2) is 5.31. The monoisotopic (exact) mass is 210 g/mol. The fraction of sp³-hybridized carbons (Fsp3) is 0.400. The van der Waals surface area contributed by atoms with Gasteiger partial charge in [0.25, 0.3) is 0 Å².